The first kappa shape index (κ1) is 15.8. The van der Waals surface area contributed by atoms with Crippen LogP contribution in [0.5, 0.6) is 5.75 Å². The Bertz CT molecular complexity index is 449. The van der Waals surface area contributed by atoms with Crippen LogP contribution in [0.3, 0.4) is 0 Å². The summed E-state index contributed by atoms with van der Waals surface area (Å²) < 4.78 is 10.4. The fraction of sp³-hybridized carbons (Fsp3) is 0.533. The first-order valence-electron chi connectivity index (χ1n) is 7.09. The van der Waals surface area contributed by atoms with Crippen LogP contribution in [-0.2, 0) is 16.1 Å². The van der Waals surface area contributed by atoms with Crippen molar-refractivity contribution in [1.29, 1.82) is 0 Å². The standard InChI is InChI=1S/C15H22N2O4/c1-20-6-7-21-13-4-2-11(3-5-13)9-17-15(19)14-8-12(18)10-16-14/h2-5,12,14,16,18H,6-10H2,1H3,(H,17,19). The maximum absolute atomic E-state index is 11.9. The summed E-state index contributed by atoms with van der Waals surface area (Å²) in [6, 6.07) is 7.28. The van der Waals surface area contributed by atoms with Gasteiger partial charge in [0.15, 0.2) is 0 Å². The molecule has 1 saturated heterocycles. The first-order valence-corrected chi connectivity index (χ1v) is 7.09. The smallest absolute Gasteiger partial charge is 0.237 e. The van der Waals surface area contributed by atoms with Gasteiger partial charge in [-0.05, 0) is 24.1 Å². The van der Waals surface area contributed by atoms with E-state index in [0.29, 0.717) is 32.7 Å². The van der Waals surface area contributed by atoms with Crippen molar-refractivity contribution in [3.8, 4) is 5.75 Å². The monoisotopic (exact) mass is 294 g/mol. The van der Waals surface area contributed by atoms with Crippen LogP contribution in [-0.4, -0.2) is 50.0 Å². The van der Waals surface area contributed by atoms with Crippen LogP contribution in [0, 0.1) is 0 Å². The summed E-state index contributed by atoms with van der Waals surface area (Å²) in [5, 5.41) is 15.2. The molecule has 0 aliphatic carbocycles. The SMILES string of the molecule is COCCOc1ccc(CNC(=O)C2CC(O)CN2)cc1. The molecule has 0 radical (unpaired) electrons. The molecule has 1 fully saturated rings. The van der Waals surface area contributed by atoms with Crippen LogP contribution in [0.1, 0.15) is 12.0 Å². The molecule has 0 saturated carbocycles. The molecule has 3 N–H and O–H groups in total. The second-order valence-corrected chi connectivity index (χ2v) is 5.05. The third-order valence-corrected chi connectivity index (χ3v) is 3.37. The Morgan fingerprint density at radius 2 is 2.14 bits per heavy atom. The summed E-state index contributed by atoms with van der Waals surface area (Å²) in [4.78, 5) is 11.9. The van der Waals surface area contributed by atoms with E-state index >= 15 is 0 Å². The van der Waals surface area contributed by atoms with Gasteiger partial charge in [-0.2, -0.15) is 0 Å². The van der Waals surface area contributed by atoms with Crippen molar-refractivity contribution in [3.05, 3.63) is 29.8 Å². The van der Waals surface area contributed by atoms with Gasteiger partial charge in [-0.1, -0.05) is 12.1 Å². The average molecular weight is 294 g/mol. The highest BCUT2D eigenvalue weighted by Gasteiger charge is 2.27. The Morgan fingerprint density at radius 1 is 1.38 bits per heavy atom. The number of hydrogen-bond donors (Lipinski definition) is 3. The van der Waals surface area contributed by atoms with Crippen molar-refractivity contribution in [2.75, 3.05) is 26.9 Å². The molecule has 2 atom stereocenters. The Balaban J connectivity index is 1.74. The van der Waals surface area contributed by atoms with Crippen molar-refractivity contribution in [2.45, 2.75) is 25.1 Å². The lowest BCUT2D eigenvalue weighted by atomic mass is 10.1. The lowest BCUT2D eigenvalue weighted by molar-refractivity contribution is -0.123. The van der Waals surface area contributed by atoms with E-state index in [4.69, 9.17) is 9.47 Å². The average Bonchev–Trinajstić information content (AvgIpc) is 2.93. The molecule has 116 valence electrons. The van der Waals surface area contributed by atoms with Crippen LogP contribution < -0.4 is 15.4 Å². The Hall–Kier alpha value is -1.63. The number of benzene rings is 1. The second kappa shape index (κ2) is 7.97. The number of hydrogen-bond acceptors (Lipinski definition) is 5. The first-order chi connectivity index (χ1) is 10.2. The number of carbonyl (C=O) groups excluding carboxylic acids is 1. The molecule has 1 heterocycles. The van der Waals surface area contributed by atoms with E-state index in [1.54, 1.807) is 7.11 Å². The highest BCUT2D eigenvalue weighted by atomic mass is 16.5. The topological polar surface area (TPSA) is 79.8 Å². The zero-order valence-electron chi connectivity index (χ0n) is 12.2. The van der Waals surface area contributed by atoms with Gasteiger partial charge < -0.3 is 25.2 Å². The van der Waals surface area contributed by atoms with Crippen molar-refractivity contribution >= 4 is 5.91 Å². The molecule has 2 unspecified atom stereocenters. The Labute approximate surface area is 124 Å². The van der Waals surface area contributed by atoms with Gasteiger partial charge in [0.2, 0.25) is 5.91 Å². The number of aliphatic hydroxyl groups is 1. The van der Waals surface area contributed by atoms with E-state index in [1.165, 1.54) is 0 Å². The van der Waals surface area contributed by atoms with Crippen LogP contribution in [0.4, 0.5) is 0 Å². The molecule has 1 aliphatic rings. The van der Waals surface area contributed by atoms with E-state index < -0.39 is 6.10 Å². The number of amides is 1. The number of ether oxygens (including phenoxy) is 2. The predicted molar refractivity (Wildman–Crippen MR) is 78.1 cm³/mol. The van der Waals surface area contributed by atoms with E-state index in [0.717, 1.165) is 11.3 Å². The molecule has 21 heavy (non-hydrogen) atoms. The zero-order valence-corrected chi connectivity index (χ0v) is 12.2. The van der Waals surface area contributed by atoms with Gasteiger partial charge in [-0.25, -0.2) is 0 Å². The summed E-state index contributed by atoms with van der Waals surface area (Å²) >= 11 is 0. The zero-order chi connectivity index (χ0) is 15.1. The lowest BCUT2D eigenvalue weighted by Crippen LogP contribution is -2.39. The quantitative estimate of drug-likeness (QED) is 0.619. The van der Waals surface area contributed by atoms with E-state index in [1.807, 2.05) is 24.3 Å². The van der Waals surface area contributed by atoms with E-state index in [9.17, 15) is 9.90 Å². The maximum Gasteiger partial charge on any atom is 0.237 e. The molecule has 6 nitrogen and oxygen atoms in total. The lowest BCUT2D eigenvalue weighted by Gasteiger charge is -2.11. The summed E-state index contributed by atoms with van der Waals surface area (Å²) in [5.41, 5.74) is 1.00. The summed E-state index contributed by atoms with van der Waals surface area (Å²) in [7, 11) is 1.63. The van der Waals surface area contributed by atoms with Crippen molar-refractivity contribution < 1.29 is 19.4 Å². The minimum atomic E-state index is -0.427. The maximum atomic E-state index is 11.9. The predicted octanol–water partition coefficient (Wildman–Crippen LogP) is 0.0508. The molecule has 1 aromatic rings. The summed E-state index contributed by atoms with van der Waals surface area (Å²) in [5.74, 6) is 0.703. The van der Waals surface area contributed by atoms with Gasteiger partial charge in [-0.15, -0.1) is 0 Å². The molecule has 0 aromatic heterocycles. The number of methoxy groups -OCH3 is 1. The highest BCUT2D eigenvalue weighted by molar-refractivity contribution is 5.82. The number of β-amino-alcohol motifs (C(OH)–C–C–N with tert-alkyl or cyclic N) is 1. The summed E-state index contributed by atoms with van der Waals surface area (Å²) in [6.45, 7) is 2.01. The van der Waals surface area contributed by atoms with Crippen LogP contribution in [0.2, 0.25) is 0 Å². The molecular formula is C15H22N2O4. The molecule has 2 rings (SSSR count). The molecule has 0 bridgehead atoms. The minimum absolute atomic E-state index is 0.0769. The molecule has 1 aliphatic heterocycles. The molecule has 1 amide bonds. The molecule has 1 aromatic carbocycles. The number of nitrogens with one attached hydrogen (secondary N) is 2. The van der Waals surface area contributed by atoms with Gasteiger partial charge in [0.05, 0.1) is 18.8 Å². The number of rotatable bonds is 7. The van der Waals surface area contributed by atoms with Gasteiger partial charge in [-0.3, -0.25) is 4.79 Å². The molecular weight excluding hydrogens is 272 g/mol. The van der Waals surface area contributed by atoms with Crippen molar-refractivity contribution in [2.24, 2.45) is 0 Å². The van der Waals surface area contributed by atoms with Gasteiger partial charge in [0.25, 0.3) is 0 Å². The number of carbonyl (C=O) groups is 1. The molecule has 0 spiro atoms. The fourth-order valence-corrected chi connectivity index (χ4v) is 2.18. The van der Waals surface area contributed by atoms with Crippen LogP contribution in [0.25, 0.3) is 0 Å². The Morgan fingerprint density at radius 3 is 2.76 bits per heavy atom. The molecule has 6 heteroatoms. The third kappa shape index (κ3) is 5.00. The largest absolute Gasteiger partial charge is 0.491 e. The van der Waals surface area contributed by atoms with Crippen molar-refractivity contribution in [1.82, 2.24) is 10.6 Å². The van der Waals surface area contributed by atoms with Gasteiger partial charge >= 0.3 is 0 Å². The fourth-order valence-electron chi connectivity index (χ4n) is 2.18. The highest BCUT2D eigenvalue weighted by Crippen LogP contribution is 2.12. The van der Waals surface area contributed by atoms with Gasteiger partial charge in [0, 0.05) is 20.2 Å². The minimum Gasteiger partial charge on any atom is -0.491 e. The summed E-state index contributed by atoms with van der Waals surface area (Å²) in [6.07, 6.45) is 0.0438. The Kier molecular flexibility index (Phi) is 5.98. The van der Waals surface area contributed by atoms with Crippen LogP contribution >= 0.6 is 0 Å². The third-order valence-electron chi connectivity index (χ3n) is 3.37. The van der Waals surface area contributed by atoms with Gasteiger partial charge in [0.1, 0.15) is 12.4 Å². The van der Waals surface area contributed by atoms with E-state index in [-0.39, 0.29) is 11.9 Å². The normalized spacial score (nSPS) is 21.2. The number of aliphatic hydroxyl groups excluding tert-OH is 1. The van der Waals surface area contributed by atoms with Crippen molar-refractivity contribution in [3.63, 3.8) is 0 Å². The van der Waals surface area contributed by atoms with E-state index in [2.05, 4.69) is 10.6 Å². The van der Waals surface area contributed by atoms with Crippen LogP contribution in [0.15, 0.2) is 24.3 Å². The second-order valence-electron chi connectivity index (χ2n) is 5.05.